The molecule has 1 heterocycles. The SMILES string of the molecule is O=C1c2ccccc2CN1CC(c1ccccc1)c1ccccc1. The van der Waals surface area contributed by atoms with E-state index in [1.807, 2.05) is 41.3 Å². The first-order valence-corrected chi connectivity index (χ1v) is 8.30. The maximum Gasteiger partial charge on any atom is 0.254 e. The van der Waals surface area contributed by atoms with E-state index in [-0.39, 0.29) is 11.8 Å². The maximum absolute atomic E-state index is 12.7. The highest BCUT2D eigenvalue weighted by molar-refractivity contribution is 5.98. The predicted molar refractivity (Wildman–Crippen MR) is 95.9 cm³/mol. The van der Waals surface area contributed by atoms with Crippen LogP contribution in [0.1, 0.15) is 33.0 Å². The number of benzene rings is 3. The molecule has 2 heteroatoms. The lowest BCUT2D eigenvalue weighted by Gasteiger charge is -2.24. The molecule has 0 spiro atoms. The van der Waals surface area contributed by atoms with E-state index in [1.54, 1.807) is 0 Å². The highest BCUT2D eigenvalue weighted by Gasteiger charge is 2.29. The van der Waals surface area contributed by atoms with Crippen LogP contribution in [0.15, 0.2) is 84.9 Å². The zero-order valence-electron chi connectivity index (χ0n) is 13.4. The Bertz CT molecular complexity index is 803. The molecule has 118 valence electrons. The number of nitrogens with zero attached hydrogens (tertiary/aromatic N) is 1. The Kier molecular flexibility index (Phi) is 3.87. The molecule has 24 heavy (non-hydrogen) atoms. The third-order valence-corrected chi connectivity index (χ3v) is 4.70. The van der Waals surface area contributed by atoms with Gasteiger partial charge in [-0.25, -0.2) is 0 Å². The normalized spacial score (nSPS) is 13.4. The van der Waals surface area contributed by atoms with E-state index in [4.69, 9.17) is 0 Å². The molecule has 1 aliphatic rings. The summed E-state index contributed by atoms with van der Waals surface area (Å²) in [6, 6.07) is 28.8. The Hall–Kier alpha value is -2.87. The molecule has 0 saturated carbocycles. The number of carbonyl (C=O) groups is 1. The Morgan fingerprint density at radius 3 is 1.88 bits per heavy atom. The van der Waals surface area contributed by atoms with Crippen molar-refractivity contribution in [1.82, 2.24) is 4.90 Å². The van der Waals surface area contributed by atoms with Crippen molar-refractivity contribution >= 4 is 5.91 Å². The molecule has 0 aromatic heterocycles. The Morgan fingerprint density at radius 2 is 1.29 bits per heavy atom. The summed E-state index contributed by atoms with van der Waals surface area (Å²) in [5.41, 5.74) is 4.46. The van der Waals surface area contributed by atoms with Crippen LogP contribution >= 0.6 is 0 Å². The third kappa shape index (κ3) is 2.71. The van der Waals surface area contributed by atoms with Gasteiger partial charge in [-0.2, -0.15) is 0 Å². The lowest BCUT2D eigenvalue weighted by molar-refractivity contribution is 0.0773. The van der Waals surface area contributed by atoms with E-state index in [9.17, 15) is 4.79 Å². The van der Waals surface area contributed by atoms with E-state index in [0.29, 0.717) is 13.1 Å². The number of hydrogen-bond acceptors (Lipinski definition) is 1. The molecule has 0 atom stereocenters. The van der Waals surface area contributed by atoms with Gasteiger partial charge in [0.25, 0.3) is 5.91 Å². The van der Waals surface area contributed by atoms with Crippen molar-refractivity contribution in [1.29, 1.82) is 0 Å². The van der Waals surface area contributed by atoms with Gasteiger partial charge < -0.3 is 4.90 Å². The zero-order chi connectivity index (χ0) is 16.4. The molecule has 1 aliphatic heterocycles. The summed E-state index contributed by atoms with van der Waals surface area (Å²) in [5, 5.41) is 0. The molecule has 0 saturated heterocycles. The van der Waals surface area contributed by atoms with Gasteiger partial charge in [0.1, 0.15) is 0 Å². The topological polar surface area (TPSA) is 20.3 Å². The van der Waals surface area contributed by atoms with Crippen molar-refractivity contribution in [3.05, 3.63) is 107 Å². The number of amides is 1. The van der Waals surface area contributed by atoms with Crippen molar-refractivity contribution in [2.45, 2.75) is 12.5 Å². The number of fused-ring (bicyclic) bond motifs is 1. The molecular weight excluding hydrogens is 294 g/mol. The van der Waals surface area contributed by atoms with Crippen LogP contribution in [0.5, 0.6) is 0 Å². The van der Waals surface area contributed by atoms with E-state index >= 15 is 0 Å². The van der Waals surface area contributed by atoms with E-state index in [0.717, 1.165) is 11.1 Å². The van der Waals surface area contributed by atoms with Gasteiger partial charge in [0.2, 0.25) is 0 Å². The summed E-state index contributed by atoms with van der Waals surface area (Å²) in [4.78, 5) is 14.7. The minimum Gasteiger partial charge on any atom is -0.333 e. The summed E-state index contributed by atoms with van der Waals surface area (Å²) in [5.74, 6) is 0.327. The first-order chi connectivity index (χ1) is 11.8. The van der Waals surface area contributed by atoms with Crippen LogP contribution in [0, 0.1) is 0 Å². The van der Waals surface area contributed by atoms with Crippen LogP contribution in [-0.2, 0) is 6.54 Å². The fourth-order valence-corrected chi connectivity index (χ4v) is 3.46. The number of carbonyl (C=O) groups excluding carboxylic acids is 1. The average molecular weight is 313 g/mol. The summed E-state index contributed by atoms with van der Waals surface area (Å²) in [7, 11) is 0. The number of hydrogen-bond donors (Lipinski definition) is 0. The van der Waals surface area contributed by atoms with Gasteiger partial charge in [-0.15, -0.1) is 0 Å². The van der Waals surface area contributed by atoms with E-state index < -0.39 is 0 Å². The van der Waals surface area contributed by atoms with E-state index in [2.05, 4.69) is 48.5 Å². The molecule has 0 fully saturated rings. The van der Waals surface area contributed by atoms with Gasteiger partial charge in [0, 0.05) is 24.6 Å². The molecule has 4 rings (SSSR count). The van der Waals surface area contributed by atoms with Crippen molar-refractivity contribution in [3.63, 3.8) is 0 Å². The summed E-state index contributed by atoms with van der Waals surface area (Å²) < 4.78 is 0. The maximum atomic E-state index is 12.7. The van der Waals surface area contributed by atoms with Crippen LogP contribution in [0.4, 0.5) is 0 Å². The average Bonchev–Trinajstić information content (AvgIpc) is 2.97. The molecule has 0 aliphatic carbocycles. The standard InChI is InChI=1S/C22H19NO/c24-22-20-14-8-7-13-19(20)15-23(22)16-21(17-9-3-1-4-10-17)18-11-5-2-6-12-18/h1-14,21H,15-16H2. The largest absolute Gasteiger partial charge is 0.333 e. The van der Waals surface area contributed by atoms with Crippen LogP contribution < -0.4 is 0 Å². The van der Waals surface area contributed by atoms with E-state index in [1.165, 1.54) is 11.1 Å². The van der Waals surface area contributed by atoms with Crippen molar-refractivity contribution < 1.29 is 4.79 Å². The molecule has 0 unspecified atom stereocenters. The summed E-state index contributed by atoms with van der Waals surface area (Å²) in [6.45, 7) is 1.40. The molecule has 3 aromatic carbocycles. The van der Waals surface area contributed by atoms with Gasteiger partial charge >= 0.3 is 0 Å². The minimum atomic E-state index is 0.141. The second-order valence-electron chi connectivity index (χ2n) is 6.22. The van der Waals surface area contributed by atoms with Crippen LogP contribution in [0.3, 0.4) is 0 Å². The smallest absolute Gasteiger partial charge is 0.254 e. The zero-order valence-corrected chi connectivity index (χ0v) is 13.4. The van der Waals surface area contributed by atoms with Crippen LogP contribution in [0.2, 0.25) is 0 Å². The molecule has 1 amide bonds. The minimum absolute atomic E-state index is 0.141. The van der Waals surface area contributed by atoms with Crippen molar-refractivity contribution in [2.75, 3.05) is 6.54 Å². The quantitative estimate of drug-likeness (QED) is 0.695. The Balaban J connectivity index is 1.66. The van der Waals surface area contributed by atoms with Gasteiger partial charge in [-0.05, 0) is 22.8 Å². The van der Waals surface area contributed by atoms with Crippen molar-refractivity contribution in [3.8, 4) is 0 Å². The summed E-state index contributed by atoms with van der Waals surface area (Å²) in [6.07, 6.45) is 0. The number of rotatable bonds is 4. The third-order valence-electron chi connectivity index (χ3n) is 4.70. The molecular formula is C22H19NO. The van der Waals surface area contributed by atoms with Crippen molar-refractivity contribution in [2.24, 2.45) is 0 Å². The first-order valence-electron chi connectivity index (χ1n) is 8.30. The lowest BCUT2D eigenvalue weighted by atomic mass is 9.91. The fraction of sp³-hybridized carbons (Fsp3) is 0.136. The second kappa shape index (κ2) is 6.32. The fourth-order valence-electron chi connectivity index (χ4n) is 3.46. The highest BCUT2D eigenvalue weighted by atomic mass is 16.2. The van der Waals surface area contributed by atoms with Gasteiger partial charge in [-0.3, -0.25) is 4.79 Å². The monoisotopic (exact) mass is 313 g/mol. The lowest BCUT2D eigenvalue weighted by Crippen LogP contribution is -2.29. The molecule has 3 aromatic rings. The highest BCUT2D eigenvalue weighted by Crippen LogP contribution is 2.30. The summed E-state index contributed by atoms with van der Waals surface area (Å²) >= 11 is 0. The van der Waals surface area contributed by atoms with Crippen LogP contribution in [-0.4, -0.2) is 17.4 Å². The molecule has 0 radical (unpaired) electrons. The van der Waals surface area contributed by atoms with Gasteiger partial charge in [0.15, 0.2) is 0 Å². The van der Waals surface area contributed by atoms with Gasteiger partial charge in [0.05, 0.1) is 0 Å². The predicted octanol–water partition coefficient (Wildman–Crippen LogP) is 4.47. The first kappa shape index (κ1) is 14.7. The second-order valence-corrected chi connectivity index (χ2v) is 6.22. The van der Waals surface area contributed by atoms with Crippen LogP contribution in [0.25, 0.3) is 0 Å². The Morgan fingerprint density at radius 1 is 0.750 bits per heavy atom. The van der Waals surface area contributed by atoms with Gasteiger partial charge in [-0.1, -0.05) is 78.9 Å². The molecule has 0 bridgehead atoms. The molecule has 2 nitrogen and oxygen atoms in total. The molecule has 0 N–H and O–H groups in total. The Labute approximate surface area is 142 Å².